The monoisotopic (exact) mass is 494 g/mol. The molecule has 0 saturated heterocycles. The van der Waals surface area contributed by atoms with Crippen molar-refractivity contribution >= 4 is 21.6 Å². The van der Waals surface area contributed by atoms with Gasteiger partial charge in [-0.2, -0.15) is 0 Å². The third-order valence-electron chi connectivity index (χ3n) is 5.93. The van der Waals surface area contributed by atoms with Crippen LogP contribution in [0.15, 0.2) is 77.7 Å². The zero-order valence-electron chi connectivity index (χ0n) is 20.3. The SMILES string of the molecule is COc1ccccc1N(CC(=O)NC1CC(C)(C)Oc2cc(C)ccc21)S(=O)(=O)c1ccccc1. The van der Waals surface area contributed by atoms with E-state index in [-0.39, 0.29) is 16.6 Å². The Balaban J connectivity index is 1.67. The summed E-state index contributed by atoms with van der Waals surface area (Å²) in [6.45, 7) is 5.52. The number of amides is 1. The summed E-state index contributed by atoms with van der Waals surface area (Å²) in [5, 5.41) is 3.05. The van der Waals surface area contributed by atoms with Crippen LogP contribution in [0.4, 0.5) is 5.69 Å². The van der Waals surface area contributed by atoms with Gasteiger partial charge in [0.15, 0.2) is 0 Å². The van der Waals surface area contributed by atoms with E-state index >= 15 is 0 Å². The van der Waals surface area contributed by atoms with Gasteiger partial charge in [0.25, 0.3) is 10.0 Å². The van der Waals surface area contributed by atoms with Crippen molar-refractivity contribution in [3.8, 4) is 11.5 Å². The molecule has 0 bridgehead atoms. The number of hydrogen-bond donors (Lipinski definition) is 1. The smallest absolute Gasteiger partial charge is 0.264 e. The van der Waals surface area contributed by atoms with Gasteiger partial charge in [0, 0.05) is 12.0 Å². The molecule has 1 atom stereocenters. The number of ether oxygens (including phenoxy) is 2. The molecule has 4 rings (SSSR count). The third-order valence-corrected chi connectivity index (χ3v) is 7.71. The average molecular weight is 495 g/mol. The van der Waals surface area contributed by atoms with Crippen molar-refractivity contribution in [2.75, 3.05) is 18.0 Å². The van der Waals surface area contributed by atoms with Gasteiger partial charge in [-0.25, -0.2) is 8.42 Å². The van der Waals surface area contributed by atoms with Gasteiger partial charge in [0.1, 0.15) is 23.6 Å². The lowest BCUT2D eigenvalue weighted by Gasteiger charge is -2.38. The van der Waals surface area contributed by atoms with E-state index in [9.17, 15) is 13.2 Å². The molecule has 7 nitrogen and oxygen atoms in total. The number of benzene rings is 3. The molecule has 0 radical (unpaired) electrons. The molecule has 1 aliphatic rings. The van der Waals surface area contributed by atoms with Gasteiger partial charge in [0.05, 0.1) is 23.7 Å². The summed E-state index contributed by atoms with van der Waals surface area (Å²) in [4.78, 5) is 13.5. The van der Waals surface area contributed by atoms with Crippen LogP contribution in [0.5, 0.6) is 11.5 Å². The van der Waals surface area contributed by atoms with Crippen LogP contribution < -0.4 is 19.1 Å². The van der Waals surface area contributed by atoms with Crippen LogP contribution >= 0.6 is 0 Å². The fourth-order valence-corrected chi connectivity index (χ4v) is 5.77. The first-order chi connectivity index (χ1) is 16.6. The number of methoxy groups -OCH3 is 1. The number of carbonyl (C=O) groups excluding carboxylic acids is 1. The number of para-hydroxylation sites is 2. The molecule has 0 saturated carbocycles. The second-order valence-electron chi connectivity index (χ2n) is 9.22. The lowest BCUT2D eigenvalue weighted by molar-refractivity contribution is -0.120. The standard InChI is InChI=1S/C27H30N2O5S/c1-19-14-15-21-22(17-27(2,3)34-25(21)16-19)28-26(30)18-29(23-12-8-9-13-24(23)33-4)35(31,32)20-10-6-5-7-11-20/h5-16,22H,17-18H2,1-4H3,(H,28,30). The quantitative estimate of drug-likeness (QED) is 0.518. The maximum atomic E-state index is 13.6. The maximum absolute atomic E-state index is 13.6. The molecule has 0 spiro atoms. The van der Waals surface area contributed by atoms with Gasteiger partial charge < -0.3 is 14.8 Å². The first kappa shape index (κ1) is 24.6. The minimum atomic E-state index is -4.04. The molecule has 0 fully saturated rings. The molecule has 1 amide bonds. The summed E-state index contributed by atoms with van der Waals surface area (Å²) >= 11 is 0. The fourth-order valence-electron chi connectivity index (χ4n) is 4.31. The van der Waals surface area contributed by atoms with Crippen molar-refractivity contribution in [1.29, 1.82) is 0 Å². The second-order valence-corrected chi connectivity index (χ2v) is 11.1. The van der Waals surface area contributed by atoms with Crippen molar-refractivity contribution < 1.29 is 22.7 Å². The van der Waals surface area contributed by atoms with Crippen molar-refractivity contribution in [2.24, 2.45) is 0 Å². The van der Waals surface area contributed by atoms with E-state index < -0.39 is 28.1 Å². The molecule has 1 unspecified atom stereocenters. The molecule has 3 aromatic carbocycles. The molecular weight excluding hydrogens is 464 g/mol. The maximum Gasteiger partial charge on any atom is 0.264 e. The Morgan fingerprint density at radius 2 is 1.77 bits per heavy atom. The van der Waals surface area contributed by atoms with E-state index in [1.165, 1.54) is 19.2 Å². The molecule has 0 aliphatic carbocycles. The summed E-state index contributed by atoms with van der Waals surface area (Å²) in [5.74, 6) is 0.655. The van der Waals surface area contributed by atoms with Crippen LogP contribution in [0.25, 0.3) is 0 Å². The van der Waals surface area contributed by atoms with Crippen LogP contribution in [0.2, 0.25) is 0 Å². The largest absolute Gasteiger partial charge is 0.495 e. The first-order valence-electron chi connectivity index (χ1n) is 11.4. The predicted molar refractivity (Wildman–Crippen MR) is 135 cm³/mol. The second kappa shape index (κ2) is 9.62. The van der Waals surface area contributed by atoms with Gasteiger partial charge in [-0.1, -0.05) is 42.5 Å². The zero-order valence-corrected chi connectivity index (χ0v) is 21.1. The van der Waals surface area contributed by atoms with E-state index in [1.807, 2.05) is 39.0 Å². The Labute approximate surface area is 206 Å². The predicted octanol–water partition coefficient (Wildman–Crippen LogP) is 4.62. The number of hydrogen-bond acceptors (Lipinski definition) is 5. The number of rotatable bonds is 7. The third kappa shape index (κ3) is 5.27. The van der Waals surface area contributed by atoms with Crippen molar-refractivity contribution in [2.45, 2.75) is 43.7 Å². The van der Waals surface area contributed by atoms with Crippen LogP contribution in [0.3, 0.4) is 0 Å². The normalized spacial score (nSPS) is 16.5. The van der Waals surface area contributed by atoms with Crippen LogP contribution in [0, 0.1) is 6.92 Å². The minimum Gasteiger partial charge on any atom is -0.495 e. The molecule has 0 aromatic heterocycles. The highest BCUT2D eigenvalue weighted by molar-refractivity contribution is 7.92. The van der Waals surface area contributed by atoms with Gasteiger partial charge in [-0.15, -0.1) is 0 Å². The number of aryl methyl sites for hydroxylation is 1. The molecule has 184 valence electrons. The Morgan fingerprint density at radius 3 is 2.49 bits per heavy atom. The zero-order chi connectivity index (χ0) is 25.2. The fraction of sp³-hybridized carbons (Fsp3) is 0.296. The molecule has 8 heteroatoms. The van der Waals surface area contributed by atoms with E-state index in [2.05, 4.69) is 5.32 Å². The number of sulfonamides is 1. The number of fused-ring (bicyclic) bond motifs is 1. The summed E-state index contributed by atoms with van der Waals surface area (Å²) in [6.07, 6.45) is 0.550. The van der Waals surface area contributed by atoms with Crippen LogP contribution in [-0.4, -0.2) is 33.6 Å². The Morgan fingerprint density at radius 1 is 1.09 bits per heavy atom. The number of anilines is 1. The van der Waals surface area contributed by atoms with Crippen LogP contribution in [-0.2, 0) is 14.8 Å². The van der Waals surface area contributed by atoms with Crippen LogP contribution in [0.1, 0.15) is 37.4 Å². The summed E-state index contributed by atoms with van der Waals surface area (Å²) < 4.78 is 39.9. The lowest BCUT2D eigenvalue weighted by atomic mass is 9.89. The van der Waals surface area contributed by atoms with Gasteiger partial charge in [-0.05, 0) is 56.7 Å². The highest BCUT2D eigenvalue weighted by Crippen LogP contribution is 2.40. The number of carbonyl (C=O) groups is 1. The van der Waals surface area contributed by atoms with E-state index in [4.69, 9.17) is 9.47 Å². The van der Waals surface area contributed by atoms with Crippen molar-refractivity contribution in [3.63, 3.8) is 0 Å². The average Bonchev–Trinajstić information content (AvgIpc) is 2.82. The van der Waals surface area contributed by atoms with Crippen molar-refractivity contribution in [1.82, 2.24) is 5.32 Å². The number of nitrogens with one attached hydrogen (secondary N) is 1. The molecule has 35 heavy (non-hydrogen) atoms. The summed E-state index contributed by atoms with van der Waals surface area (Å²) in [5.41, 5.74) is 1.73. The Kier molecular flexibility index (Phi) is 6.76. The van der Waals surface area contributed by atoms with E-state index in [1.54, 1.807) is 42.5 Å². The molecular formula is C27H30N2O5S. The number of nitrogens with zero attached hydrogens (tertiary/aromatic N) is 1. The summed E-state index contributed by atoms with van der Waals surface area (Å²) in [6, 6.07) is 20.4. The molecule has 3 aromatic rings. The molecule has 1 heterocycles. The molecule has 1 N–H and O–H groups in total. The van der Waals surface area contributed by atoms with Gasteiger partial charge in [0.2, 0.25) is 5.91 Å². The van der Waals surface area contributed by atoms with Gasteiger partial charge in [-0.3, -0.25) is 9.10 Å². The Hall–Kier alpha value is -3.52. The van der Waals surface area contributed by atoms with Gasteiger partial charge >= 0.3 is 0 Å². The minimum absolute atomic E-state index is 0.0896. The first-order valence-corrected chi connectivity index (χ1v) is 12.8. The molecule has 1 aliphatic heterocycles. The van der Waals surface area contributed by atoms with Crippen molar-refractivity contribution in [3.05, 3.63) is 83.9 Å². The topological polar surface area (TPSA) is 84.9 Å². The lowest BCUT2D eigenvalue weighted by Crippen LogP contribution is -2.45. The van der Waals surface area contributed by atoms with E-state index in [0.717, 1.165) is 21.2 Å². The highest BCUT2D eigenvalue weighted by Gasteiger charge is 2.36. The van der Waals surface area contributed by atoms with E-state index in [0.29, 0.717) is 12.2 Å². The highest BCUT2D eigenvalue weighted by atomic mass is 32.2. The summed E-state index contributed by atoms with van der Waals surface area (Å²) in [7, 11) is -2.58. The Bertz CT molecular complexity index is 1320.